The fraction of sp³-hybridized carbons (Fsp3) is 0.132. The van der Waals surface area contributed by atoms with Crippen molar-refractivity contribution in [2.24, 2.45) is 0 Å². The van der Waals surface area contributed by atoms with Gasteiger partial charge in [0.05, 0.1) is 6.54 Å². The second kappa shape index (κ2) is 13.0. The molecule has 0 N–H and O–H groups in total. The normalized spacial score (nSPS) is 14.1. The van der Waals surface area contributed by atoms with E-state index in [0.717, 1.165) is 34.4 Å². The molecule has 0 spiro atoms. The van der Waals surface area contributed by atoms with Crippen LogP contribution in [0.15, 0.2) is 188 Å². The molecule has 56 heavy (non-hydrogen) atoms. The summed E-state index contributed by atoms with van der Waals surface area (Å²) in [6.07, 6.45) is 0. The Kier molecular flexibility index (Phi) is 7.90. The number of fused-ring (bicyclic) bond motifs is 6. The molecule has 2 aliphatic carbocycles. The fourth-order valence-corrected chi connectivity index (χ4v) is 9.41. The summed E-state index contributed by atoms with van der Waals surface area (Å²) < 4.78 is 2.50. The molecule has 272 valence electrons. The molecule has 0 bridgehead atoms. The van der Waals surface area contributed by atoms with Gasteiger partial charge in [0.15, 0.2) is 0 Å². The largest absolute Gasteiger partial charge is 0.309 e. The van der Waals surface area contributed by atoms with Crippen LogP contribution in [0.3, 0.4) is 0 Å². The Morgan fingerprint density at radius 3 is 1.18 bits per heavy atom. The second-order valence-electron chi connectivity index (χ2n) is 16.3. The molecular weight excluding hydrogens is 679 g/mol. The molecule has 0 saturated heterocycles. The van der Waals surface area contributed by atoms with E-state index < -0.39 is 0 Å². The van der Waals surface area contributed by atoms with Crippen LogP contribution >= 0.6 is 0 Å². The Labute approximate surface area is 330 Å². The van der Waals surface area contributed by atoms with E-state index in [2.05, 4.69) is 230 Å². The van der Waals surface area contributed by atoms with Crippen LogP contribution in [0.25, 0.3) is 22.3 Å². The van der Waals surface area contributed by atoms with Gasteiger partial charge in [-0.3, -0.25) is 9.80 Å². The summed E-state index contributed by atoms with van der Waals surface area (Å²) in [7, 11) is 0. The lowest BCUT2D eigenvalue weighted by Crippen LogP contribution is -2.21. The van der Waals surface area contributed by atoms with Gasteiger partial charge in [-0.25, -0.2) is 0 Å². The lowest BCUT2D eigenvalue weighted by atomic mass is 9.82. The van der Waals surface area contributed by atoms with Crippen LogP contribution in [0.5, 0.6) is 0 Å². The monoisotopic (exact) mass is 723 g/mol. The summed E-state index contributed by atoms with van der Waals surface area (Å²) in [6.45, 7) is 10.1. The average Bonchev–Trinajstić information content (AvgIpc) is 3.81. The number of para-hydroxylation sites is 2. The van der Waals surface area contributed by atoms with Crippen molar-refractivity contribution in [1.82, 2.24) is 4.57 Å². The number of aromatic nitrogens is 1. The number of nitrogens with zero attached hydrogens (tertiary/aromatic N) is 3. The molecule has 0 atom stereocenters. The van der Waals surface area contributed by atoms with Gasteiger partial charge in [0.25, 0.3) is 0 Å². The Hall–Kier alpha value is -6.58. The summed E-state index contributed by atoms with van der Waals surface area (Å²) in [5.41, 5.74) is 16.3. The second-order valence-corrected chi connectivity index (χ2v) is 16.3. The number of benzene rings is 7. The van der Waals surface area contributed by atoms with Gasteiger partial charge in [0, 0.05) is 33.6 Å². The summed E-state index contributed by atoms with van der Waals surface area (Å²) in [4.78, 5) is 4.88. The number of rotatable bonds is 8. The Balaban J connectivity index is 1.19. The SMILES string of the molecule is CC1(C)c2ccccc2-c2ccc(N(c3ccccc3)c3ccc(N(c4ccccc4)c4ccc5c(c4)C(C)(C)c4ccccc4-5)n3Cc3ccccc3)cc21. The van der Waals surface area contributed by atoms with Crippen LogP contribution in [0.2, 0.25) is 0 Å². The zero-order valence-corrected chi connectivity index (χ0v) is 32.4. The van der Waals surface area contributed by atoms with Crippen molar-refractivity contribution < 1.29 is 0 Å². The first-order chi connectivity index (χ1) is 27.3. The predicted molar refractivity (Wildman–Crippen MR) is 234 cm³/mol. The van der Waals surface area contributed by atoms with Gasteiger partial charge in [-0.1, -0.05) is 155 Å². The van der Waals surface area contributed by atoms with Crippen molar-refractivity contribution in [3.8, 4) is 22.3 Å². The van der Waals surface area contributed by atoms with Crippen LogP contribution in [-0.4, -0.2) is 4.57 Å². The van der Waals surface area contributed by atoms with Crippen molar-refractivity contribution in [3.05, 3.63) is 216 Å². The predicted octanol–water partition coefficient (Wildman–Crippen LogP) is 14.1. The molecular formula is C53H45N3. The van der Waals surface area contributed by atoms with Gasteiger partial charge in [-0.15, -0.1) is 0 Å². The van der Waals surface area contributed by atoms with E-state index in [9.17, 15) is 0 Å². The Morgan fingerprint density at radius 2 is 0.732 bits per heavy atom. The maximum atomic E-state index is 2.50. The highest BCUT2D eigenvalue weighted by atomic mass is 15.3. The fourth-order valence-electron chi connectivity index (χ4n) is 9.41. The molecule has 0 unspecified atom stereocenters. The molecule has 7 aromatic carbocycles. The van der Waals surface area contributed by atoms with Crippen molar-refractivity contribution in [3.63, 3.8) is 0 Å². The molecule has 1 aromatic heterocycles. The Bertz CT molecular complexity index is 2550. The topological polar surface area (TPSA) is 11.4 Å². The molecule has 0 aliphatic heterocycles. The quantitative estimate of drug-likeness (QED) is 0.155. The summed E-state index contributed by atoms with van der Waals surface area (Å²) >= 11 is 0. The third-order valence-electron chi connectivity index (χ3n) is 12.3. The highest BCUT2D eigenvalue weighted by Gasteiger charge is 2.37. The molecule has 0 fully saturated rings. The highest BCUT2D eigenvalue weighted by molar-refractivity contribution is 5.88. The summed E-state index contributed by atoms with van der Waals surface area (Å²) in [5.74, 6) is 2.19. The smallest absolute Gasteiger partial charge is 0.119 e. The minimum absolute atomic E-state index is 0.118. The molecule has 2 aliphatic rings. The zero-order valence-electron chi connectivity index (χ0n) is 32.4. The molecule has 0 saturated carbocycles. The van der Waals surface area contributed by atoms with Crippen LogP contribution in [0, 0.1) is 0 Å². The third-order valence-corrected chi connectivity index (χ3v) is 12.3. The lowest BCUT2D eigenvalue weighted by molar-refractivity contribution is 0.660. The van der Waals surface area contributed by atoms with Gasteiger partial charge < -0.3 is 4.57 Å². The number of hydrogen-bond acceptors (Lipinski definition) is 2. The van der Waals surface area contributed by atoms with Gasteiger partial charge in [0.1, 0.15) is 11.6 Å². The molecule has 3 nitrogen and oxygen atoms in total. The van der Waals surface area contributed by atoms with Crippen molar-refractivity contribution >= 4 is 34.4 Å². The average molecular weight is 724 g/mol. The molecule has 8 aromatic rings. The van der Waals surface area contributed by atoms with Gasteiger partial charge in [-0.05, 0) is 111 Å². The van der Waals surface area contributed by atoms with E-state index in [-0.39, 0.29) is 10.8 Å². The van der Waals surface area contributed by atoms with E-state index in [1.807, 2.05) is 0 Å². The minimum atomic E-state index is -0.118. The zero-order chi connectivity index (χ0) is 38.0. The maximum Gasteiger partial charge on any atom is 0.119 e. The van der Waals surface area contributed by atoms with E-state index in [4.69, 9.17) is 0 Å². The maximum absolute atomic E-state index is 2.50. The van der Waals surface area contributed by atoms with Crippen molar-refractivity contribution in [2.45, 2.75) is 45.1 Å². The molecule has 0 radical (unpaired) electrons. The number of hydrogen-bond donors (Lipinski definition) is 0. The lowest BCUT2D eigenvalue weighted by Gasteiger charge is -2.32. The highest BCUT2D eigenvalue weighted by Crippen LogP contribution is 2.53. The van der Waals surface area contributed by atoms with Crippen LogP contribution in [0.4, 0.5) is 34.4 Å². The standard InChI is InChI=1S/C53H45N3/c1-52(2)46-26-16-14-24-42(46)44-30-28-40(34-48(44)52)55(38-20-10-6-11-21-38)50-32-33-51(54(50)36-37-18-8-5-9-19-37)56(39-22-12-7-13-23-39)41-29-31-45-43-25-15-17-27-47(43)53(3,4)49(45)35-41/h5-35H,36H2,1-4H3. The van der Waals surface area contributed by atoms with Crippen LogP contribution in [0.1, 0.15) is 55.5 Å². The first-order valence-electron chi connectivity index (χ1n) is 19.7. The number of anilines is 6. The van der Waals surface area contributed by atoms with Gasteiger partial charge in [-0.2, -0.15) is 0 Å². The Morgan fingerprint density at radius 1 is 0.357 bits per heavy atom. The molecule has 1 heterocycles. The van der Waals surface area contributed by atoms with Crippen LogP contribution in [-0.2, 0) is 17.4 Å². The molecule has 0 amide bonds. The van der Waals surface area contributed by atoms with E-state index in [1.54, 1.807) is 0 Å². The van der Waals surface area contributed by atoms with Crippen molar-refractivity contribution in [1.29, 1.82) is 0 Å². The summed E-state index contributed by atoms with van der Waals surface area (Å²) in [5, 5.41) is 0. The first kappa shape index (κ1) is 33.9. The van der Waals surface area contributed by atoms with Crippen molar-refractivity contribution in [2.75, 3.05) is 9.80 Å². The van der Waals surface area contributed by atoms with E-state index in [0.29, 0.717) is 6.54 Å². The minimum Gasteiger partial charge on any atom is -0.309 e. The third kappa shape index (κ3) is 5.33. The molecule has 10 rings (SSSR count). The van der Waals surface area contributed by atoms with E-state index in [1.165, 1.54) is 50.1 Å². The first-order valence-corrected chi connectivity index (χ1v) is 19.7. The van der Waals surface area contributed by atoms with Gasteiger partial charge >= 0.3 is 0 Å². The van der Waals surface area contributed by atoms with E-state index >= 15 is 0 Å². The summed E-state index contributed by atoms with van der Waals surface area (Å²) in [6, 6.07) is 69.0. The molecule has 3 heteroatoms. The van der Waals surface area contributed by atoms with Gasteiger partial charge in [0.2, 0.25) is 0 Å². The van der Waals surface area contributed by atoms with Crippen LogP contribution < -0.4 is 9.80 Å².